The van der Waals surface area contributed by atoms with Crippen molar-refractivity contribution in [1.82, 2.24) is 0 Å². The van der Waals surface area contributed by atoms with E-state index in [4.69, 9.17) is 0 Å². The molecule has 0 unspecified atom stereocenters. The quantitative estimate of drug-likeness (QED) is 0.644. The Hall–Kier alpha value is -2.11. The summed E-state index contributed by atoms with van der Waals surface area (Å²) in [5, 5.41) is 23.2. The molecule has 0 aliphatic heterocycles. The van der Waals surface area contributed by atoms with Gasteiger partial charge in [-0.15, -0.1) is 0 Å². The molecule has 1 aromatic rings. The van der Waals surface area contributed by atoms with Crippen LogP contribution >= 0.6 is 0 Å². The average Bonchev–Trinajstić information content (AvgIpc) is 2.81. The van der Waals surface area contributed by atoms with Gasteiger partial charge in [0.1, 0.15) is 5.54 Å². The van der Waals surface area contributed by atoms with Crippen LogP contribution in [0, 0.1) is 17.0 Å². The van der Waals surface area contributed by atoms with Gasteiger partial charge in [0, 0.05) is 17.8 Å². The molecule has 2 rings (SSSR count). The zero-order valence-electron chi connectivity index (χ0n) is 10.7. The summed E-state index contributed by atoms with van der Waals surface area (Å²) >= 11 is 0. The van der Waals surface area contributed by atoms with Crippen LogP contribution in [-0.2, 0) is 4.79 Å². The molecule has 19 heavy (non-hydrogen) atoms. The van der Waals surface area contributed by atoms with Crippen molar-refractivity contribution in [2.45, 2.75) is 38.1 Å². The molecular weight excluding hydrogens is 248 g/mol. The highest BCUT2D eigenvalue weighted by Crippen LogP contribution is 2.35. The molecule has 1 aromatic carbocycles. The summed E-state index contributed by atoms with van der Waals surface area (Å²) in [7, 11) is 0. The Bertz CT molecular complexity index is 521. The molecule has 1 fully saturated rings. The second kappa shape index (κ2) is 4.87. The predicted octanol–water partition coefficient (Wildman–Crippen LogP) is 2.71. The van der Waals surface area contributed by atoms with Crippen molar-refractivity contribution in [2.75, 3.05) is 5.32 Å². The molecule has 1 aliphatic carbocycles. The standard InChI is InChI=1S/C13H16N2O4/c1-9-4-5-10(15(18)19)8-11(9)14-13(12(16)17)6-2-3-7-13/h4-5,8,14H,2-3,6-7H2,1H3,(H,16,17). The molecular formula is C13H16N2O4. The van der Waals surface area contributed by atoms with Gasteiger partial charge in [-0.1, -0.05) is 18.9 Å². The Morgan fingerprint density at radius 2 is 2.05 bits per heavy atom. The van der Waals surface area contributed by atoms with Gasteiger partial charge in [-0.3, -0.25) is 10.1 Å². The Morgan fingerprint density at radius 1 is 1.42 bits per heavy atom. The van der Waals surface area contributed by atoms with E-state index >= 15 is 0 Å². The number of nitro groups is 1. The van der Waals surface area contributed by atoms with E-state index in [2.05, 4.69) is 5.32 Å². The highest BCUT2D eigenvalue weighted by atomic mass is 16.6. The van der Waals surface area contributed by atoms with E-state index in [9.17, 15) is 20.0 Å². The van der Waals surface area contributed by atoms with Gasteiger partial charge in [-0.2, -0.15) is 0 Å². The topological polar surface area (TPSA) is 92.5 Å². The van der Waals surface area contributed by atoms with Crippen molar-refractivity contribution in [2.24, 2.45) is 0 Å². The van der Waals surface area contributed by atoms with E-state index in [-0.39, 0.29) is 5.69 Å². The largest absolute Gasteiger partial charge is 0.480 e. The summed E-state index contributed by atoms with van der Waals surface area (Å²) in [5.74, 6) is -0.893. The van der Waals surface area contributed by atoms with Gasteiger partial charge in [0.2, 0.25) is 0 Å². The Labute approximate surface area is 110 Å². The molecule has 0 aromatic heterocycles. The smallest absolute Gasteiger partial charge is 0.329 e. The summed E-state index contributed by atoms with van der Waals surface area (Å²) in [5.41, 5.74) is 0.309. The Morgan fingerprint density at radius 3 is 2.58 bits per heavy atom. The Balaban J connectivity index is 2.34. The second-order valence-corrected chi connectivity index (χ2v) is 4.98. The fraction of sp³-hybridized carbons (Fsp3) is 0.462. The number of aryl methyl sites for hydroxylation is 1. The molecule has 2 N–H and O–H groups in total. The van der Waals surface area contributed by atoms with E-state index in [1.54, 1.807) is 13.0 Å². The first-order chi connectivity index (χ1) is 8.94. The molecule has 6 nitrogen and oxygen atoms in total. The van der Waals surface area contributed by atoms with Crippen molar-refractivity contribution in [3.63, 3.8) is 0 Å². The van der Waals surface area contributed by atoms with Crippen LogP contribution in [0.1, 0.15) is 31.2 Å². The van der Waals surface area contributed by atoms with Crippen LogP contribution in [0.4, 0.5) is 11.4 Å². The number of hydrogen-bond donors (Lipinski definition) is 2. The predicted molar refractivity (Wildman–Crippen MR) is 70.3 cm³/mol. The van der Waals surface area contributed by atoms with E-state index in [1.807, 2.05) is 0 Å². The third kappa shape index (κ3) is 2.52. The van der Waals surface area contributed by atoms with Gasteiger partial charge in [0.05, 0.1) is 4.92 Å². The molecule has 0 heterocycles. The van der Waals surface area contributed by atoms with Crippen molar-refractivity contribution >= 4 is 17.3 Å². The highest BCUT2D eigenvalue weighted by Gasteiger charge is 2.41. The molecule has 0 bridgehead atoms. The summed E-state index contributed by atoms with van der Waals surface area (Å²) in [6, 6.07) is 4.45. The van der Waals surface area contributed by atoms with Crippen LogP contribution in [-0.4, -0.2) is 21.5 Å². The van der Waals surface area contributed by atoms with E-state index in [0.717, 1.165) is 18.4 Å². The molecule has 1 saturated carbocycles. The lowest BCUT2D eigenvalue weighted by Gasteiger charge is -2.27. The minimum Gasteiger partial charge on any atom is -0.480 e. The molecule has 6 heteroatoms. The normalized spacial score (nSPS) is 17.1. The zero-order chi connectivity index (χ0) is 14.0. The maximum Gasteiger partial charge on any atom is 0.329 e. The van der Waals surface area contributed by atoms with Crippen molar-refractivity contribution in [1.29, 1.82) is 0 Å². The van der Waals surface area contributed by atoms with E-state index < -0.39 is 16.4 Å². The first kappa shape index (κ1) is 13.3. The molecule has 0 amide bonds. The van der Waals surface area contributed by atoms with Crippen LogP contribution < -0.4 is 5.32 Å². The second-order valence-electron chi connectivity index (χ2n) is 4.98. The number of non-ortho nitro benzene ring substituents is 1. The van der Waals surface area contributed by atoms with Crippen LogP contribution in [0.15, 0.2) is 18.2 Å². The number of nitrogens with one attached hydrogen (secondary N) is 1. The minimum atomic E-state index is -0.986. The lowest BCUT2D eigenvalue weighted by molar-refractivity contribution is -0.384. The maximum absolute atomic E-state index is 11.5. The first-order valence-electron chi connectivity index (χ1n) is 6.21. The maximum atomic E-state index is 11.5. The van der Waals surface area contributed by atoms with Gasteiger partial charge >= 0.3 is 5.97 Å². The number of carboxylic acid groups (broad SMARTS) is 1. The first-order valence-corrected chi connectivity index (χ1v) is 6.21. The van der Waals surface area contributed by atoms with Gasteiger partial charge < -0.3 is 10.4 Å². The lowest BCUT2D eigenvalue weighted by Crippen LogP contribution is -2.43. The van der Waals surface area contributed by atoms with Gasteiger partial charge in [-0.05, 0) is 25.3 Å². The molecule has 0 spiro atoms. The number of nitro benzene ring substituents is 1. The summed E-state index contributed by atoms with van der Waals surface area (Å²) in [6.45, 7) is 1.80. The molecule has 0 saturated heterocycles. The third-order valence-corrected chi connectivity index (χ3v) is 3.67. The number of carbonyl (C=O) groups is 1. The highest BCUT2D eigenvalue weighted by molar-refractivity contribution is 5.83. The molecule has 0 radical (unpaired) electrons. The fourth-order valence-electron chi connectivity index (χ4n) is 2.49. The summed E-state index contributed by atoms with van der Waals surface area (Å²) in [4.78, 5) is 21.8. The van der Waals surface area contributed by atoms with Crippen LogP contribution in [0.5, 0.6) is 0 Å². The van der Waals surface area contributed by atoms with E-state index in [1.165, 1.54) is 12.1 Å². The average molecular weight is 264 g/mol. The molecule has 102 valence electrons. The number of hydrogen-bond acceptors (Lipinski definition) is 4. The lowest BCUT2D eigenvalue weighted by atomic mass is 9.96. The third-order valence-electron chi connectivity index (χ3n) is 3.67. The van der Waals surface area contributed by atoms with Crippen molar-refractivity contribution in [3.8, 4) is 0 Å². The fourth-order valence-corrected chi connectivity index (χ4v) is 2.49. The zero-order valence-corrected chi connectivity index (χ0v) is 10.7. The monoisotopic (exact) mass is 264 g/mol. The number of rotatable bonds is 4. The number of anilines is 1. The summed E-state index contributed by atoms with van der Waals surface area (Å²) < 4.78 is 0. The number of aliphatic carboxylic acids is 1. The number of carboxylic acids is 1. The minimum absolute atomic E-state index is 0.0355. The van der Waals surface area contributed by atoms with E-state index in [0.29, 0.717) is 18.5 Å². The van der Waals surface area contributed by atoms with Crippen molar-refractivity contribution < 1.29 is 14.8 Å². The SMILES string of the molecule is Cc1ccc([N+](=O)[O-])cc1NC1(C(=O)O)CCCC1. The van der Waals surface area contributed by atoms with Crippen molar-refractivity contribution in [3.05, 3.63) is 33.9 Å². The van der Waals surface area contributed by atoms with Crippen LogP contribution in [0.25, 0.3) is 0 Å². The van der Waals surface area contributed by atoms with Crippen LogP contribution in [0.3, 0.4) is 0 Å². The van der Waals surface area contributed by atoms with Crippen LogP contribution in [0.2, 0.25) is 0 Å². The van der Waals surface area contributed by atoms with Gasteiger partial charge in [-0.25, -0.2) is 4.79 Å². The van der Waals surface area contributed by atoms with Gasteiger partial charge in [0.15, 0.2) is 0 Å². The number of nitrogens with zero attached hydrogens (tertiary/aromatic N) is 1. The Kier molecular flexibility index (Phi) is 3.42. The molecule has 1 aliphatic rings. The van der Waals surface area contributed by atoms with Gasteiger partial charge in [0.25, 0.3) is 5.69 Å². The number of benzene rings is 1. The summed E-state index contributed by atoms with van der Waals surface area (Å²) in [6.07, 6.45) is 2.80. The molecule has 0 atom stereocenters.